The van der Waals surface area contributed by atoms with Gasteiger partial charge in [0, 0.05) is 30.9 Å². The Labute approximate surface area is 136 Å². The Morgan fingerprint density at radius 2 is 2.17 bits per heavy atom. The van der Waals surface area contributed by atoms with E-state index in [9.17, 15) is 13.2 Å². The van der Waals surface area contributed by atoms with Crippen molar-refractivity contribution in [3.05, 3.63) is 17.7 Å². The zero-order chi connectivity index (χ0) is 17.0. The number of sulfone groups is 1. The number of urea groups is 1. The number of fused-ring (bicyclic) bond motifs is 1. The summed E-state index contributed by atoms with van der Waals surface area (Å²) in [6, 6.07) is 3.12. The molecule has 0 saturated heterocycles. The van der Waals surface area contributed by atoms with Crippen LogP contribution in [-0.2, 0) is 16.3 Å². The number of carbonyl (C=O) groups excluding carboxylic acids is 1. The van der Waals surface area contributed by atoms with Gasteiger partial charge >= 0.3 is 6.03 Å². The Bertz CT molecular complexity index is 687. The molecule has 1 aliphatic heterocycles. The Kier molecular flexibility index (Phi) is 5.35. The number of hydrogen-bond acceptors (Lipinski definition) is 5. The monoisotopic (exact) mass is 342 g/mol. The third-order valence-corrected chi connectivity index (χ3v) is 4.25. The van der Waals surface area contributed by atoms with E-state index in [1.165, 1.54) is 0 Å². The standard InChI is InChI=1S/C15H22N2O5S/c1-4-21-14-8-11-7-10(2)22-13(11)9-12(14)17-15(18)16-5-6-23(3,19)20/h8-10H,4-7H2,1-3H3,(H2,16,17,18). The third-order valence-electron chi connectivity index (χ3n) is 3.30. The fourth-order valence-electron chi connectivity index (χ4n) is 2.33. The molecule has 2 amide bonds. The fourth-order valence-corrected chi connectivity index (χ4v) is 2.80. The summed E-state index contributed by atoms with van der Waals surface area (Å²) in [6.07, 6.45) is 2.02. The van der Waals surface area contributed by atoms with Crippen LogP contribution >= 0.6 is 0 Å². The number of benzene rings is 1. The molecule has 0 aromatic heterocycles. The second-order valence-electron chi connectivity index (χ2n) is 5.53. The maximum Gasteiger partial charge on any atom is 0.319 e. The van der Waals surface area contributed by atoms with Gasteiger partial charge in [0.2, 0.25) is 0 Å². The SMILES string of the molecule is CCOc1cc2c(cc1NC(=O)NCCS(C)(=O)=O)OC(C)C2. The molecule has 1 atom stereocenters. The van der Waals surface area contributed by atoms with Gasteiger partial charge in [-0.25, -0.2) is 13.2 Å². The van der Waals surface area contributed by atoms with Crippen molar-refractivity contribution in [2.75, 3.05) is 30.5 Å². The van der Waals surface area contributed by atoms with Crippen LogP contribution in [0.5, 0.6) is 11.5 Å². The highest BCUT2D eigenvalue weighted by Crippen LogP contribution is 2.37. The molecule has 8 heteroatoms. The molecule has 1 unspecified atom stereocenters. The van der Waals surface area contributed by atoms with Crippen LogP contribution in [0.3, 0.4) is 0 Å². The Hall–Kier alpha value is -1.96. The lowest BCUT2D eigenvalue weighted by molar-refractivity contribution is 0.252. The molecule has 2 N–H and O–H groups in total. The number of nitrogens with one attached hydrogen (secondary N) is 2. The summed E-state index contributed by atoms with van der Waals surface area (Å²) < 4.78 is 33.4. The number of carbonyl (C=O) groups is 1. The van der Waals surface area contributed by atoms with Crippen LogP contribution in [0, 0.1) is 0 Å². The molecule has 7 nitrogen and oxygen atoms in total. The van der Waals surface area contributed by atoms with Crippen LogP contribution in [0.15, 0.2) is 12.1 Å². The van der Waals surface area contributed by atoms with Crippen molar-refractivity contribution < 1.29 is 22.7 Å². The third kappa shape index (κ3) is 5.02. The molecule has 1 aliphatic rings. The van der Waals surface area contributed by atoms with Crippen LogP contribution in [0.4, 0.5) is 10.5 Å². The van der Waals surface area contributed by atoms with Crippen molar-refractivity contribution in [2.45, 2.75) is 26.4 Å². The molecular weight excluding hydrogens is 320 g/mol. The van der Waals surface area contributed by atoms with E-state index >= 15 is 0 Å². The minimum atomic E-state index is -3.11. The van der Waals surface area contributed by atoms with Gasteiger partial charge < -0.3 is 20.1 Å². The van der Waals surface area contributed by atoms with Crippen molar-refractivity contribution >= 4 is 21.6 Å². The Morgan fingerprint density at radius 3 is 2.83 bits per heavy atom. The molecule has 0 fully saturated rings. The van der Waals surface area contributed by atoms with Gasteiger partial charge in [0.1, 0.15) is 27.4 Å². The molecule has 128 valence electrons. The summed E-state index contributed by atoms with van der Waals surface area (Å²) in [7, 11) is -3.11. The van der Waals surface area contributed by atoms with Gasteiger partial charge in [0.15, 0.2) is 0 Å². The van der Waals surface area contributed by atoms with E-state index in [4.69, 9.17) is 9.47 Å². The zero-order valence-corrected chi connectivity index (χ0v) is 14.3. The molecule has 0 radical (unpaired) electrons. The number of anilines is 1. The van der Waals surface area contributed by atoms with E-state index < -0.39 is 15.9 Å². The highest BCUT2D eigenvalue weighted by molar-refractivity contribution is 7.90. The molecule has 0 saturated carbocycles. The second-order valence-corrected chi connectivity index (χ2v) is 7.79. The van der Waals surface area contributed by atoms with Crippen molar-refractivity contribution in [2.24, 2.45) is 0 Å². The first kappa shape index (κ1) is 17.4. The van der Waals surface area contributed by atoms with Crippen LogP contribution in [0.2, 0.25) is 0 Å². The molecule has 0 aliphatic carbocycles. The van der Waals surface area contributed by atoms with Gasteiger partial charge in [-0.3, -0.25) is 0 Å². The molecule has 2 rings (SSSR count). The largest absolute Gasteiger partial charge is 0.492 e. The summed E-state index contributed by atoms with van der Waals surface area (Å²) in [6.45, 7) is 4.36. The zero-order valence-electron chi connectivity index (χ0n) is 13.5. The summed E-state index contributed by atoms with van der Waals surface area (Å²) in [4.78, 5) is 11.9. The minimum Gasteiger partial charge on any atom is -0.492 e. The van der Waals surface area contributed by atoms with Gasteiger partial charge in [-0.1, -0.05) is 0 Å². The van der Waals surface area contributed by atoms with Crippen molar-refractivity contribution in [1.29, 1.82) is 0 Å². The first-order chi connectivity index (χ1) is 10.8. The van der Waals surface area contributed by atoms with Gasteiger partial charge in [-0.15, -0.1) is 0 Å². The van der Waals surface area contributed by atoms with Gasteiger partial charge in [-0.2, -0.15) is 0 Å². The first-order valence-corrected chi connectivity index (χ1v) is 9.53. The van der Waals surface area contributed by atoms with Gasteiger partial charge in [-0.05, 0) is 19.9 Å². The van der Waals surface area contributed by atoms with Gasteiger partial charge in [0.05, 0.1) is 18.0 Å². The molecule has 1 heterocycles. The van der Waals surface area contributed by atoms with Crippen LogP contribution in [0.1, 0.15) is 19.4 Å². The predicted octanol–water partition coefficient (Wildman–Crippen LogP) is 1.57. The lowest BCUT2D eigenvalue weighted by Gasteiger charge is -2.14. The van der Waals surface area contributed by atoms with E-state index in [2.05, 4.69) is 10.6 Å². The maximum atomic E-state index is 11.9. The van der Waals surface area contributed by atoms with Gasteiger partial charge in [0.25, 0.3) is 0 Å². The van der Waals surface area contributed by atoms with E-state index in [1.54, 1.807) is 6.07 Å². The van der Waals surface area contributed by atoms with Crippen molar-refractivity contribution in [1.82, 2.24) is 5.32 Å². The summed E-state index contributed by atoms with van der Waals surface area (Å²) in [5, 5.41) is 5.18. The second kappa shape index (κ2) is 7.08. The number of amides is 2. The topological polar surface area (TPSA) is 93.7 Å². The highest BCUT2D eigenvalue weighted by Gasteiger charge is 2.22. The molecule has 0 spiro atoms. The Morgan fingerprint density at radius 1 is 1.43 bits per heavy atom. The van der Waals surface area contributed by atoms with Crippen LogP contribution in [0.25, 0.3) is 0 Å². The fraction of sp³-hybridized carbons (Fsp3) is 0.533. The molecule has 1 aromatic carbocycles. The summed E-state index contributed by atoms with van der Waals surface area (Å²) in [5.41, 5.74) is 1.54. The molecular formula is C15H22N2O5S. The lowest BCUT2D eigenvalue weighted by atomic mass is 10.1. The lowest BCUT2D eigenvalue weighted by Crippen LogP contribution is -2.32. The van der Waals surface area contributed by atoms with E-state index in [0.29, 0.717) is 18.0 Å². The average Bonchev–Trinajstić information content (AvgIpc) is 2.77. The van der Waals surface area contributed by atoms with E-state index in [0.717, 1.165) is 24.0 Å². The number of hydrogen-bond donors (Lipinski definition) is 2. The van der Waals surface area contributed by atoms with Crippen molar-refractivity contribution in [3.63, 3.8) is 0 Å². The van der Waals surface area contributed by atoms with Crippen molar-refractivity contribution in [3.8, 4) is 11.5 Å². The first-order valence-electron chi connectivity index (χ1n) is 7.47. The normalized spacial score (nSPS) is 16.4. The van der Waals surface area contributed by atoms with Crippen LogP contribution < -0.4 is 20.1 Å². The number of ether oxygens (including phenoxy) is 2. The number of rotatable bonds is 6. The summed E-state index contributed by atoms with van der Waals surface area (Å²) in [5.74, 6) is 1.19. The molecule has 23 heavy (non-hydrogen) atoms. The highest BCUT2D eigenvalue weighted by atomic mass is 32.2. The maximum absolute atomic E-state index is 11.9. The molecule has 1 aromatic rings. The van der Waals surface area contributed by atoms with E-state index in [1.807, 2.05) is 19.9 Å². The molecule has 0 bridgehead atoms. The smallest absolute Gasteiger partial charge is 0.319 e. The predicted molar refractivity (Wildman–Crippen MR) is 88.1 cm³/mol. The summed E-state index contributed by atoms with van der Waals surface area (Å²) >= 11 is 0. The van der Waals surface area contributed by atoms with E-state index in [-0.39, 0.29) is 18.4 Å². The average molecular weight is 342 g/mol. The minimum absolute atomic E-state index is 0.0487. The quantitative estimate of drug-likeness (QED) is 0.818. The Balaban J connectivity index is 2.06. The van der Waals surface area contributed by atoms with Crippen LogP contribution in [-0.4, -0.2) is 45.7 Å².